The molecule has 1 aliphatic rings. The Labute approximate surface area is 144 Å². The van der Waals surface area contributed by atoms with Crippen LogP contribution < -0.4 is 0 Å². The number of nitrogens with zero attached hydrogens (tertiary/aromatic N) is 1. The van der Waals surface area contributed by atoms with Crippen LogP contribution in [-0.2, 0) is 4.74 Å². The number of benzene rings is 2. The molecule has 2 aromatic carbocycles. The van der Waals surface area contributed by atoms with Crippen molar-refractivity contribution >= 4 is 0 Å². The maximum absolute atomic E-state index is 11.1. The highest BCUT2D eigenvalue weighted by atomic mass is 16.5. The Morgan fingerprint density at radius 1 is 0.917 bits per heavy atom. The van der Waals surface area contributed by atoms with Crippen LogP contribution in [0, 0.1) is 5.92 Å². The van der Waals surface area contributed by atoms with Gasteiger partial charge in [0, 0.05) is 25.6 Å². The number of hydrogen-bond donors (Lipinski definition) is 1. The summed E-state index contributed by atoms with van der Waals surface area (Å²) < 4.78 is 5.47. The molecule has 3 atom stereocenters. The minimum Gasteiger partial charge on any atom is -0.388 e. The van der Waals surface area contributed by atoms with Gasteiger partial charge in [-0.05, 0) is 17.0 Å². The van der Waals surface area contributed by atoms with Gasteiger partial charge in [0.15, 0.2) is 0 Å². The molecule has 1 N–H and O–H groups in total. The fourth-order valence-corrected chi connectivity index (χ4v) is 3.51. The van der Waals surface area contributed by atoms with Gasteiger partial charge in [-0.3, -0.25) is 4.90 Å². The summed E-state index contributed by atoms with van der Waals surface area (Å²) in [7, 11) is 0. The van der Waals surface area contributed by atoms with Crippen LogP contribution in [0.25, 0.3) is 0 Å². The van der Waals surface area contributed by atoms with Crippen LogP contribution in [0.5, 0.6) is 0 Å². The summed E-state index contributed by atoms with van der Waals surface area (Å²) in [4.78, 5) is 2.42. The first-order valence-electron chi connectivity index (χ1n) is 8.84. The first-order valence-corrected chi connectivity index (χ1v) is 8.84. The van der Waals surface area contributed by atoms with Gasteiger partial charge in [-0.15, -0.1) is 0 Å². The lowest BCUT2D eigenvalue weighted by Crippen LogP contribution is -2.41. The topological polar surface area (TPSA) is 32.7 Å². The third-order valence-electron chi connectivity index (χ3n) is 5.09. The van der Waals surface area contributed by atoms with Gasteiger partial charge in [-0.1, -0.05) is 67.6 Å². The van der Waals surface area contributed by atoms with Crippen LogP contribution in [0.15, 0.2) is 60.7 Å². The van der Waals surface area contributed by atoms with E-state index in [0.29, 0.717) is 0 Å². The lowest BCUT2D eigenvalue weighted by atomic mass is 9.81. The van der Waals surface area contributed by atoms with E-state index in [0.717, 1.165) is 38.4 Å². The van der Waals surface area contributed by atoms with Crippen LogP contribution in [-0.4, -0.2) is 42.9 Å². The van der Waals surface area contributed by atoms with E-state index >= 15 is 0 Å². The molecule has 128 valence electrons. The summed E-state index contributed by atoms with van der Waals surface area (Å²) in [5, 5.41) is 11.1. The average Bonchev–Trinajstić information content (AvgIpc) is 2.67. The molecular weight excluding hydrogens is 298 g/mol. The molecule has 1 aliphatic heterocycles. The van der Waals surface area contributed by atoms with Gasteiger partial charge >= 0.3 is 0 Å². The van der Waals surface area contributed by atoms with Crippen molar-refractivity contribution in [2.24, 2.45) is 5.92 Å². The largest absolute Gasteiger partial charge is 0.388 e. The van der Waals surface area contributed by atoms with Gasteiger partial charge in [0.25, 0.3) is 0 Å². The summed E-state index contributed by atoms with van der Waals surface area (Å²) in [5.74, 6) is 0.428. The molecule has 1 saturated heterocycles. The summed E-state index contributed by atoms with van der Waals surface area (Å²) in [5.41, 5.74) is 2.28. The highest BCUT2D eigenvalue weighted by Crippen LogP contribution is 2.35. The predicted octanol–water partition coefficient (Wildman–Crippen LogP) is 3.47. The molecular formula is C21H27NO2. The van der Waals surface area contributed by atoms with Crippen molar-refractivity contribution in [1.82, 2.24) is 4.90 Å². The maximum atomic E-state index is 11.1. The molecule has 2 aromatic rings. The fourth-order valence-electron chi connectivity index (χ4n) is 3.51. The summed E-state index contributed by atoms with van der Waals surface area (Å²) in [6.07, 6.45) is -0.468. The minimum absolute atomic E-state index is 0.146. The third-order valence-corrected chi connectivity index (χ3v) is 5.09. The van der Waals surface area contributed by atoms with Crippen LogP contribution in [0.4, 0.5) is 0 Å². The molecule has 0 aliphatic carbocycles. The fraction of sp³-hybridized carbons (Fsp3) is 0.429. The van der Waals surface area contributed by atoms with Crippen molar-refractivity contribution in [1.29, 1.82) is 0 Å². The molecule has 3 nitrogen and oxygen atoms in total. The summed E-state index contributed by atoms with van der Waals surface area (Å²) >= 11 is 0. The second kappa shape index (κ2) is 8.43. The Morgan fingerprint density at radius 2 is 1.46 bits per heavy atom. The molecule has 3 heteroatoms. The van der Waals surface area contributed by atoms with Crippen molar-refractivity contribution in [2.45, 2.75) is 18.9 Å². The Kier molecular flexibility index (Phi) is 6.02. The predicted molar refractivity (Wildman–Crippen MR) is 97.0 cm³/mol. The number of hydrogen-bond acceptors (Lipinski definition) is 3. The first kappa shape index (κ1) is 17.2. The lowest BCUT2D eigenvalue weighted by Gasteiger charge is -2.36. The van der Waals surface area contributed by atoms with Gasteiger partial charge in [0.2, 0.25) is 0 Å². The van der Waals surface area contributed by atoms with Crippen LogP contribution in [0.2, 0.25) is 0 Å². The maximum Gasteiger partial charge on any atom is 0.0836 e. The molecule has 0 bridgehead atoms. The van der Waals surface area contributed by atoms with E-state index in [9.17, 15) is 5.11 Å². The monoisotopic (exact) mass is 325 g/mol. The molecule has 0 radical (unpaired) electrons. The second-order valence-electron chi connectivity index (χ2n) is 6.63. The van der Waals surface area contributed by atoms with E-state index in [4.69, 9.17) is 4.74 Å². The Balaban J connectivity index is 1.82. The number of morpholine rings is 1. The van der Waals surface area contributed by atoms with E-state index in [2.05, 4.69) is 36.1 Å². The average molecular weight is 325 g/mol. The molecule has 3 rings (SSSR count). The smallest absolute Gasteiger partial charge is 0.0836 e. The second-order valence-corrected chi connectivity index (χ2v) is 6.63. The number of aliphatic hydroxyl groups excluding tert-OH is 1. The molecule has 24 heavy (non-hydrogen) atoms. The molecule has 0 spiro atoms. The van der Waals surface area contributed by atoms with Gasteiger partial charge in [0.1, 0.15) is 0 Å². The van der Waals surface area contributed by atoms with E-state index < -0.39 is 6.10 Å². The zero-order valence-corrected chi connectivity index (χ0v) is 14.3. The van der Waals surface area contributed by atoms with Crippen LogP contribution in [0.3, 0.4) is 0 Å². The summed E-state index contributed by atoms with van der Waals surface area (Å²) in [6.45, 7) is 6.57. The van der Waals surface area contributed by atoms with E-state index in [1.807, 2.05) is 36.4 Å². The normalized spacial score (nSPS) is 19.6. The summed E-state index contributed by atoms with van der Waals surface area (Å²) in [6, 6.07) is 20.6. The van der Waals surface area contributed by atoms with Crippen molar-refractivity contribution in [3.8, 4) is 0 Å². The molecule has 1 heterocycles. The standard InChI is InChI=1S/C21H27NO2/c1-17(18-8-4-2-5-9-18)20(16-22-12-14-24-15-13-22)21(23)19-10-6-3-7-11-19/h2-11,17,20-21,23H,12-16H2,1H3/t17-,20+,21+/m1/s1. The van der Waals surface area contributed by atoms with E-state index in [1.165, 1.54) is 5.56 Å². The zero-order valence-electron chi connectivity index (χ0n) is 14.3. The van der Waals surface area contributed by atoms with Gasteiger partial charge in [-0.25, -0.2) is 0 Å². The molecule has 1 fully saturated rings. The zero-order chi connectivity index (χ0) is 16.8. The quantitative estimate of drug-likeness (QED) is 0.883. The Morgan fingerprint density at radius 3 is 2.04 bits per heavy atom. The third kappa shape index (κ3) is 4.23. The molecule has 0 unspecified atom stereocenters. The van der Waals surface area contributed by atoms with Crippen LogP contribution >= 0.6 is 0 Å². The van der Waals surface area contributed by atoms with Gasteiger partial charge in [-0.2, -0.15) is 0 Å². The number of rotatable bonds is 6. The van der Waals surface area contributed by atoms with Crippen molar-refractivity contribution in [2.75, 3.05) is 32.8 Å². The van der Waals surface area contributed by atoms with Gasteiger partial charge in [0.05, 0.1) is 19.3 Å². The molecule has 0 amide bonds. The highest BCUT2D eigenvalue weighted by molar-refractivity contribution is 5.23. The molecule has 0 saturated carbocycles. The van der Waals surface area contributed by atoms with Crippen LogP contribution in [0.1, 0.15) is 30.1 Å². The SMILES string of the molecule is C[C@H](c1ccccc1)[C@H](CN1CCOCC1)[C@@H](O)c1ccccc1. The first-order chi connectivity index (χ1) is 11.8. The van der Waals surface area contributed by atoms with Gasteiger partial charge < -0.3 is 9.84 Å². The minimum atomic E-state index is -0.468. The Hall–Kier alpha value is -1.68. The lowest BCUT2D eigenvalue weighted by molar-refractivity contribution is 0.00684. The van der Waals surface area contributed by atoms with Crippen molar-refractivity contribution in [3.05, 3.63) is 71.8 Å². The highest BCUT2D eigenvalue weighted by Gasteiger charge is 2.30. The van der Waals surface area contributed by atoms with Crippen molar-refractivity contribution in [3.63, 3.8) is 0 Å². The van der Waals surface area contributed by atoms with E-state index in [-0.39, 0.29) is 11.8 Å². The van der Waals surface area contributed by atoms with Crippen molar-refractivity contribution < 1.29 is 9.84 Å². The molecule has 0 aromatic heterocycles. The number of aliphatic hydroxyl groups is 1. The number of ether oxygens (including phenoxy) is 1. The Bertz CT molecular complexity index is 550. The van der Waals surface area contributed by atoms with E-state index in [1.54, 1.807) is 0 Å².